The van der Waals surface area contributed by atoms with Crippen molar-refractivity contribution in [2.24, 2.45) is 0 Å². The van der Waals surface area contributed by atoms with Crippen LogP contribution in [0.1, 0.15) is 11.1 Å². The molecule has 0 saturated carbocycles. The fourth-order valence-corrected chi connectivity index (χ4v) is 1.69. The van der Waals surface area contributed by atoms with Crippen LogP contribution >= 0.6 is 0 Å². The number of benzene rings is 1. The summed E-state index contributed by atoms with van der Waals surface area (Å²) < 4.78 is 42.8. The molecule has 1 N–H and O–H groups in total. The van der Waals surface area contributed by atoms with Crippen LogP contribution in [0, 0.1) is 11.3 Å². The van der Waals surface area contributed by atoms with Crippen LogP contribution in [0.25, 0.3) is 6.08 Å². The van der Waals surface area contributed by atoms with Gasteiger partial charge in [-0.2, -0.15) is 18.4 Å². The number of hydrogen-bond donors (Lipinski definition) is 1. The molecule has 1 aromatic rings. The Morgan fingerprint density at radius 1 is 1.42 bits per heavy atom. The Kier molecular flexibility index (Phi) is 2.94. The van der Waals surface area contributed by atoms with E-state index in [1.807, 2.05) is 6.07 Å². The van der Waals surface area contributed by atoms with Gasteiger partial charge in [-0.1, -0.05) is 0 Å². The topological polar surface area (TPSA) is 70.3 Å². The predicted octanol–water partition coefficient (Wildman–Crippen LogP) is 2.35. The van der Waals surface area contributed by atoms with Crippen molar-refractivity contribution in [2.75, 3.05) is 0 Å². The van der Waals surface area contributed by atoms with E-state index in [-0.39, 0.29) is 16.9 Å². The Hall–Kier alpha value is -2.49. The number of carbonyl (C=O) groups is 1. The third kappa shape index (κ3) is 2.38. The molecule has 19 heavy (non-hydrogen) atoms. The lowest BCUT2D eigenvalue weighted by Crippen LogP contribution is -2.40. The van der Waals surface area contributed by atoms with Crippen LogP contribution in [-0.2, 0) is 4.79 Å². The minimum Gasteiger partial charge on any atom is -0.478 e. The molecule has 1 atom stereocenters. The van der Waals surface area contributed by atoms with Gasteiger partial charge in [0.25, 0.3) is 0 Å². The smallest absolute Gasteiger partial charge is 0.430 e. The summed E-state index contributed by atoms with van der Waals surface area (Å²) in [7, 11) is 0. The molecule has 7 heteroatoms. The molecule has 0 saturated heterocycles. The van der Waals surface area contributed by atoms with E-state index in [1.54, 1.807) is 0 Å². The van der Waals surface area contributed by atoms with Gasteiger partial charge in [0.05, 0.1) is 17.2 Å². The maximum Gasteiger partial charge on any atom is 0.430 e. The quantitative estimate of drug-likeness (QED) is 0.849. The molecule has 1 aliphatic heterocycles. The van der Waals surface area contributed by atoms with Crippen LogP contribution in [0.3, 0.4) is 0 Å². The Morgan fingerprint density at radius 2 is 2.11 bits per heavy atom. The molecule has 98 valence electrons. The Bertz CT molecular complexity index is 614. The zero-order valence-corrected chi connectivity index (χ0v) is 9.23. The first kappa shape index (κ1) is 13.0. The van der Waals surface area contributed by atoms with Crippen LogP contribution < -0.4 is 4.74 Å². The summed E-state index contributed by atoms with van der Waals surface area (Å²) in [6.45, 7) is 0. The number of ether oxygens (including phenoxy) is 1. The van der Waals surface area contributed by atoms with Crippen molar-refractivity contribution in [3.05, 3.63) is 34.9 Å². The van der Waals surface area contributed by atoms with Gasteiger partial charge in [-0.15, -0.1) is 0 Å². The summed E-state index contributed by atoms with van der Waals surface area (Å²) in [4.78, 5) is 10.9. The standard InChI is InChI=1S/C12H6F3NO3/c13-12(14,15)10-8(11(17)18)4-7-3-6(5-16)1-2-9(7)19-10/h1-4,10H,(H,17,18). The molecule has 0 radical (unpaired) electrons. The first-order valence-electron chi connectivity index (χ1n) is 5.05. The lowest BCUT2D eigenvalue weighted by Gasteiger charge is -2.26. The van der Waals surface area contributed by atoms with Crippen LogP contribution in [0.15, 0.2) is 23.8 Å². The van der Waals surface area contributed by atoms with Crippen LogP contribution in [0.5, 0.6) is 5.75 Å². The normalized spacial score (nSPS) is 17.8. The average Bonchev–Trinajstić information content (AvgIpc) is 2.35. The van der Waals surface area contributed by atoms with Crippen molar-refractivity contribution in [2.45, 2.75) is 12.3 Å². The van der Waals surface area contributed by atoms with Gasteiger partial charge >= 0.3 is 12.1 Å². The third-order valence-electron chi connectivity index (χ3n) is 2.52. The summed E-state index contributed by atoms with van der Waals surface area (Å²) in [5.41, 5.74) is -0.569. The molecule has 0 fully saturated rings. The van der Waals surface area contributed by atoms with Crippen molar-refractivity contribution in [1.29, 1.82) is 5.26 Å². The highest BCUT2D eigenvalue weighted by Crippen LogP contribution is 2.37. The van der Waals surface area contributed by atoms with Gasteiger partial charge in [0, 0.05) is 5.56 Å². The predicted molar refractivity (Wildman–Crippen MR) is 57.2 cm³/mol. The molecule has 4 nitrogen and oxygen atoms in total. The van der Waals surface area contributed by atoms with E-state index in [0.29, 0.717) is 0 Å². The SMILES string of the molecule is N#Cc1ccc2c(c1)C=C(C(=O)O)C(C(F)(F)F)O2. The molecule has 0 bridgehead atoms. The molecule has 2 rings (SSSR count). The highest BCUT2D eigenvalue weighted by Gasteiger charge is 2.48. The molecule has 1 aromatic carbocycles. The molecular weight excluding hydrogens is 263 g/mol. The van der Waals surface area contributed by atoms with E-state index in [0.717, 1.165) is 6.08 Å². The van der Waals surface area contributed by atoms with Crippen LogP contribution in [0.2, 0.25) is 0 Å². The van der Waals surface area contributed by atoms with Gasteiger partial charge < -0.3 is 9.84 Å². The Labute approximate surface area is 105 Å². The Balaban J connectivity index is 2.55. The summed E-state index contributed by atoms with van der Waals surface area (Å²) in [6.07, 6.45) is -6.46. The minimum atomic E-state index is -4.82. The van der Waals surface area contributed by atoms with Gasteiger partial charge in [0.1, 0.15) is 5.75 Å². The van der Waals surface area contributed by atoms with Gasteiger partial charge in [0.15, 0.2) is 0 Å². The number of hydrogen-bond acceptors (Lipinski definition) is 3. The first-order valence-corrected chi connectivity index (χ1v) is 5.05. The second-order valence-electron chi connectivity index (χ2n) is 3.81. The summed E-state index contributed by atoms with van der Waals surface area (Å²) in [5, 5.41) is 17.5. The molecular formula is C12H6F3NO3. The van der Waals surface area contributed by atoms with E-state index >= 15 is 0 Å². The number of halogens is 3. The lowest BCUT2D eigenvalue weighted by molar-refractivity contribution is -0.187. The number of alkyl halides is 3. The van der Waals surface area contributed by atoms with Gasteiger partial charge in [0.2, 0.25) is 6.10 Å². The van der Waals surface area contributed by atoms with Crippen molar-refractivity contribution in [1.82, 2.24) is 0 Å². The lowest BCUT2D eigenvalue weighted by atomic mass is 10.00. The van der Waals surface area contributed by atoms with Crippen molar-refractivity contribution >= 4 is 12.0 Å². The number of nitrogens with zero attached hydrogens (tertiary/aromatic N) is 1. The number of carboxylic acids is 1. The van der Waals surface area contributed by atoms with E-state index in [2.05, 4.69) is 4.74 Å². The number of carboxylic acid groups (broad SMARTS) is 1. The molecule has 1 heterocycles. The Morgan fingerprint density at radius 3 is 2.63 bits per heavy atom. The van der Waals surface area contributed by atoms with Crippen molar-refractivity contribution in [3.63, 3.8) is 0 Å². The zero-order chi connectivity index (χ0) is 14.2. The van der Waals surface area contributed by atoms with E-state index in [4.69, 9.17) is 10.4 Å². The van der Waals surface area contributed by atoms with Crippen LogP contribution in [0.4, 0.5) is 13.2 Å². The second-order valence-corrected chi connectivity index (χ2v) is 3.81. The summed E-state index contributed by atoms with van der Waals surface area (Å²) >= 11 is 0. The zero-order valence-electron chi connectivity index (χ0n) is 9.23. The van der Waals surface area contributed by atoms with Gasteiger partial charge in [-0.25, -0.2) is 4.79 Å². The van der Waals surface area contributed by atoms with E-state index in [9.17, 15) is 18.0 Å². The average molecular weight is 269 g/mol. The molecule has 1 aliphatic rings. The molecule has 0 aromatic heterocycles. The van der Waals surface area contributed by atoms with Gasteiger partial charge in [-0.3, -0.25) is 0 Å². The third-order valence-corrected chi connectivity index (χ3v) is 2.52. The molecule has 0 spiro atoms. The van der Waals surface area contributed by atoms with Gasteiger partial charge in [-0.05, 0) is 24.3 Å². The minimum absolute atomic E-state index is 0.105. The van der Waals surface area contributed by atoms with Crippen molar-refractivity contribution in [3.8, 4) is 11.8 Å². The molecule has 1 unspecified atom stereocenters. The monoisotopic (exact) mass is 269 g/mol. The maximum atomic E-state index is 12.7. The van der Waals surface area contributed by atoms with E-state index < -0.39 is 23.8 Å². The van der Waals surface area contributed by atoms with Crippen molar-refractivity contribution < 1.29 is 27.8 Å². The number of nitriles is 1. The molecule has 0 amide bonds. The fourth-order valence-electron chi connectivity index (χ4n) is 1.69. The molecule has 0 aliphatic carbocycles. The summed E-state index contributed by atoms with van der Waals surface area (Å²) in [5.74, 6) is -1.82. The van der Waals surface area contributed by atoms with E-state index in [1.165, 1.54) is 18.2 Å². The number of fused-ring (bicyclic) bond motifs is 1. The van der Waals surface area contributed by atoms with Crippen LogP contribution in [-0.4, -0.2) is 23.4 Å². The highest BCUT2D eigenvalue weighted by molar-refractivity contribution is 5.95. The second kappa shape index (κ2) is 4.31. The number of rotatable bonds is 1. The largest absolute Gasteiger partial charge is 0.478 e. The number of aliphatic carboxylic acids is 1. The summed E-state index contributed by atoms with van der Waals surface area (Å²) in [6, 6.07) is 5.58. The fraction of sp³-hybridized carbons (Fsp3) is 0.167. The first-order chi connectivity index (χ1) is 8.82. The highest BCUT2D eigenvalue weighted by atomic mass is 19.4. The maximum absolute atomic E-state index is 12.7.